The summed E-state index contributed by atoms with van der Waals surface area (Å²) in [5, 5.41) is 21.1. The van der Waals surface area contributed by atoms with Crippen LogP contribution in [0.3, 0.4) is 0 Å². The van der Waals surface area contributed by atoms with Gasteiger partial charge in [0, 0.05) is 23.7 Å². The van der Waals surface area contributed by atoms with Crippen molar-refractivity contribution in [1.82, 2.24) is 14.9 Å². The van der Waals surface area contributed by atoms with Gasteiger partial charge in [-0.15, -0.1) is 0 Å². The molecule has 0 spiro atoms. The van der Waals surface area contributed by atoms with Crippen LogP contribution in [-0.2, 0) is 16.8 Å². The first kappa shape index (κ1) is 17.7. The Labute approximate surface area is 147 Å². The summed E-state index contributed by atoms with van der Waals surface area (Å²) >= 11 is 0. The Morgan fingerprint density at radius 2 is 2.16 bits per heavy atom. The molecule has 7 nitrogen and oxygen atoms in total. The lowest BCUT2D eigenvalue weighted by atomic mass is 10.0. The molecule has 0 saturated heterocycles. The van der Waals surface area contributed by atoms with Gasteiger partial charge in [0.2, 0.25) is 5.91 Å². The van der Waals surface area contributed by atoms with Crippen LogP contribution in [-0.4, -0.2) is 32.1 Å². The summed E-state index contributed by atoms with van der Waals surface area (Å²) in [4.78, 5) is 12.2. The third-order valence-corrected chi connectivity index (χ3v) is 4.47. The lowest BCUT2D eigenvalue weighted by molar-refractivity contribution is -0.115. The number of aliphatic hydroxyl groups excluding tert-OH is 1. The average Bonchev–Trinajstić information content (AvgIpc) is 3.18. The normalized spacial score (nSPS) is 20.8. The zero-order valence-electron chi connectivity index (χ0n) is 15.2. The Kier molecular flexibility index (Phi) is 4.69. The highest BCUT2D eigenvalue weighted by Crippen LogP contribution is 2.37. The van der Waals surface area contributed by atoms with E-state index in [1.165, 1.54) is 0 Å². The predicted octanol–water partition coefficient (Wildman–Crippen LogP) is 2.74. The molecule has 0 aromatic carbocycles. The van der Waals surface area contributed by atoms with Crippen LogP contribution >= 0.6 is 0 Å². The van der Waals surface area contributed by atoms with Crippen molar-refractivity contribution in [2.45, 2.75) is 70.9 Å². The molecule has 1 aliphatic rings. The van der Waals surface area contributed by atoms with E-state index in [-0.39, 0.29) is 29.9 Å². The minimum atomic E-state index is -0.249. The summed E-state index contributed by atoms with van der Waals surface area (Å²) < 4.78 is 7.05. The second-order valence-electron chi connectivity index (χ2n) is 7.86. The number of carbonyl (C=O) groups is 1. The molecule has 0 radical (unpaired) electrons. The monoisotopic (exact) mass is 346 g/mol. The SMILES string of the molecule is Cc1cc(CC(=O)Nc2cc([C@H]3CC[C@@H](O)C3)n(C(C)(C)C)n2)on1. The Hall–Kier alpha value is -2.15. The van der Waals surface area contributed by atoms with E-state index >= 15 is 0 Å². The molecule has 136 valence electrons. The minimum absolute atomic E-state index is 0.126. The predicted molar refractivity (Wildman–Crippen MR) is 93.4 cm³/mol. The van der Waals surface area contributed by atoms with Gasteiger partial charge in [-0.25, -0.2) is 0 Å². The molecule has 0 unspecified atom stereocenters. The maximum Gasteiger partial charge on any atom is 0.233 e. The third-order valence-electron chi connectivity index (χ3n) is 4.47. The second-order valence-corrected chi connectivity index (χ2v) is 7.86. The Morgan fingerprint density at radius 1 is 1.40 bits per heavy atom. The standard InChI is InChI=1S/C18H26N4O3/c1-11-7-14(25-21-11)9-17(24)19-16-10-15(12-5-6-13(23)8-12)22(20-16)18(2,3)4/h7,10,12-13,23H,5-6,8-9H2,1-4H3,(H,19,20,24)/t12-,13+/m0/s1. The lowest BCUT2D eigenvalue weighted by Gasteiger charge is -2.24. The van der Waals surface area contributed by atoms with Gasteiger partial charge in [-0.1, -0.05) is 5.16 Å². The second kappa shape index (κ2) is 6.63. The van der Waals surface area contributed by atoms with Crippen LogP contribution in [0, 0.1) is 6.92 Å². The van der Waals surface area contributed by atoms with Crippen LogP contribution in [0.4, 0.5) is 5.82 Å². The summed E-state index contributed by atoms with van der Waals surface area (Å²) in [6.07, 6.45) is 2.37. The van der Waals surface area contributed by atoms with E-state index in [1.54, 1.807) is 6.07 Å². The van der Waals surface area contributed by atoms with E-state index in [2.05, 4.69) is 36.3 Å². The van der Waals surface area contributed by atoms with Crippen molar-refractivity contribution in [3.63, 3.8) is 0 Å². The summed E-state index contributed by atoms with van der Waals surface area (Å²) in [6, 6.07) is 3.68. The molecule has 1 fully saturated rings. The number of carbonyl (C=O) groups excluding carboxylic acids is 1. The van der Waals surface area contributed by atoms with Crippen LogP contribution in [0.1, 0.15) is 63.1 Å². The number of amides is 1. The number of hydrogen-bond acceptors (Lipinski definition) is 5. The van der Waals surface area contributed by atoms with Gasteiger partial charge in [0.1, 0.15) is 5.76 Å². The molecule has 0 bridgehead atoms. The summed E-state index contributed by atoms with van der Waals surface area (Å²) in [5.41, 5.74) is 1.62. The van der Waals surface area contributed by atoms with Crippen LogP contribution in [0.5, 0.6) is 0 Å². The molecular formula is C18H26N4O3. The first-order chi connectivity index (χ1) is 11.7. The Morgan fingerprint density at radius 3 is 2.72 bits per heavy atom. The molecule has 1 saturated carbocycles. The number of aliphatic hydroxyl groups is 1. The molecule has 7 heteroatoms. The fourth-order valence-electron chi connectivity index (χ4n) is 3.36. The van der Waals surface area contributed by atoms with Crippen molar-refractivity contribution in [2.75, 3.05) is 5.32 Å². The fourth-order valence-corrected chi connectivity index (χ4v) is 3.36. The van der Waals surface area contributed by atoms with E-state index in [1.807, 2.05) is 17.7 Å². The molecule has 25 heavy (non-hydrogen) atoms. The molecule has 2 heterocycles. The number of hydrogen-bond donors (Lipinski definition) is 2. The number of nitrogens with zero attached hydrogens (tertiary/aromatic N) is 3. The van der Waals surface area contributed by atoms with Crippen molar-refractivity contribution < 1.29 is 14.4 Å². The van der Waals surface area contributed by atoms with Crippen molar-refractivity contribution in [2.24, 2.45) is 0 Å². The molecule has 3 rings (SSSR count). The van der Waals surface area contributed by atoms with Gasteiger partial charge < -0.3 is 14.9 Å². The highest BCUT2D eigenvalue weighted by atomic mass is 16.5. The van der Waals surface area contributed by atoms with E-state index < -0.39 is 0 Å². The number of nitrogens with one attached hydrogen (secondary N) is 1. The van der Waals surface area contributed by atoms with Gasteiger partial charge >= 0.3 is 0 Å². The molecule has 2 N–H and O–H groups in total. The third kappa shape index (κ3) is 4.10. The van der Waals surface area contributed by atoms with Crippen molar-refractivity contribution in [3.8, 4) is 0 Å². The topological polar surface area (TPSA) is 93.2 Å². The molecule has 2 aromatic rings. The maximum absolute atomic E-state index is 12.2. The van der Waals surface area contributed by atoms with E-state index in [0.717, 1.165) is 30.7 Å². The molecule has 2 aromatic heterocycles. The van der Waals surface area contributed by atoms with Crippen LogP contribution < -0.4 is 5.32 Å². The Balaban J connectivity index is 1.77. The highest BCUT2D eigenvalue weighted by Gasteiger charge is 2.30. The Bertz CT molecular complexity index is 757. The smallest absolute Gasteiger partial charge is 0.233 e. The first-order valence-corrected chi connectivity index (χ1v) is 8.73. The van der Waals surface area contributed by atoms with Gasteiger partial charge in [-0.05, 0) is 47.0 Å². The molecule has 1 amide bonds. The fraction of sp³-hybridized carbons (Fsp3) is 0.611. The van der Waals surface area contributed by atoms with Gasteiger partial charge in [0.05, 0.1) is 23.8 Å². The number of aromatic nitrogens is 3. The van der Waals surface area contributed by atoms with Crippen molar-refractivity contribution in [1.29, 1.82) is 0 Å². The molecule has 1 aliphatic carbocycles. The van der Waals surface area contributed by atoms with E-state index in [9.17, 15) is 9.90 Å². The summed E-state index contributed by atoms with van der Waals surface area (Å²) in [7, 11) is 0. The maximum atomic E-state index is 12.2. The largest absolute Gasteiger partial charge is 0.393 e. The number of anilines is 1. The summed E-state index contributed by atoms with van der Waals surface area (Å²) in [5.74, 6) is 1.15. The van der Waals surface area contributed by atoms with Crippen LogP contribution in [0.2, 0.25) is 0 Å². The van der Waals surface area contributed by atoms with E-state index in [0.29, 0.717) is 11.6 Å². The van der Waals surface area contributed by atoms with Crippen LogP contribution in [0.25, 0.3) is 0 Å². The zero-order chi connectivity index (χ0) is 18.2. The highest BCUT2D eigenvalue weighted by molar-refractivity contribution is 5.91. The van der Waals surface area contributed by atoms with Gasteiger partial charge in [0.25, 0.3) is 0 Å². The minimum Gasteiger partial charge on any atom is -0.393 e. The van der Waals surface area contributed by atoms with E-state index in [4.69, 9.17) is 4.52 Å². The quantitative estimate of drug-likeness (QED) is 0.888. The number of rotatable bonds is 4. The van der Waals surface area contributed by atoms with Crippen molar-refractivity contribution in [3.05, 3.63) is 29.3 Å². The van der Waals surface area contributed by atoms with Gasteiger partial charge in [-0.2, -0.15) is 5.10 Å². The zero-order valence-corrected chi connectivity index (χ0v) is 15.2. The van der Waals surface area contributed by atoms with Gasteiger partial charge in [-0.3, -0.25) is 9.48 Å². The van der Waals surface area contributed by atoms with Crippen molar-refractivity contribution >= 4 is 11.7 Å². The molecular weight excluding hydrogens is 320 g/mol. The average molecular weight is 346 g/mol. The first-order valence-electron chi connectivity index (χ1n) is 8.73. The van der Waals surface area contributed by atoms with Gasteiger partial charge in [0.15, 0.2) is 5.82 Å². The summed E-state index contributed by atoms with van der Waals surface area (Å²) in [6.45, 7) is 8.06. The van der Waals surface area contributed by atoms with Crippen LogP contribution in [0.15, 0.2) is 16.7 Å². The molecule has 0 aliphatic heterocycles. The lowest BCUT2D eigenvalue weighted by Crippen LogP contribution is -2.26. The number of aryl methyl sites for hydroxylation is 1. The molecule has 2 atom stereocenters.